The lowest BCUT2D eigenvalue weighted by Gasteiger charge is -2.34. The van der Waals surface area contributed by atoms with E-state index in [1.807, 2.05) is 60.7 Å². The molecule has 0 atom stereocenters. The Kier molecular flexibility index (Phi) is 7.74. The van der Waals surface area contributed by atoms with Gasteiger partial charge in [-0.25, -0.2) is 4.79 Å². The Morgan fingerprint density at radius 1 is 0.700 bits per heavy atom. The number of nitrogens with one attached hydrogen (secondary N) is 2. The molecule has 2 N–H and O–H groups in total. The summed E-state index contributed by atoms with van der Waals surface area (Å²) in [6.07, 6.45) is 4.17. The molecule has 0 saturated carbocycles. The first-order valence-corrected chi connectivity index (χ1v) is 10.4. The maximum absolute atomic E-state index is 12.7. The van der Waals surface area contributed by atoms with Crippen molar-refractivity contribution in [2.24, 2.45) is 5.41 Å². The lowest BCUT2D eigenvalue weighted by atomic mass is 9.74. The second-order valence-corrected chi connectivity index (χ2v) is 7.68. The zero-order valence-electron chi connectivity index (χ0n) is 17.1. The maximum Gasteiger partial charge on any atom is 0.328 e. The number of hydrogen-bond donors (Lipinski definition) is 2. The van der Waals surface area contributed by atoms with Crippen LogP contribution in [0.4, 0.5) is 4.79 Å². The van der Waals surface area contributed by atoms with Gasteiger partial charge in [0.15, 0.2) is 0 Å². The Hall–Kier alpha value is -2.99. The zero-order chi connectivity index (χ0) is 21.2. The predicted molar refractivity (Wildman–Crippen MR) is 113 cm³/mol. The van der Waals surface area contributed by atoms with Gasteiger partial charge in [0, 0.05) is 6.61 Å². The zero-order valence-corrected chi connectivity index (χ0v) is 17.1. The first kappa shape index (κ1) is 21.7. The molecule has 1 aliphatic rings. The van der Waals surface area contributed by atoms with E-state index in [1.54, 1.807) is 0 Å². The molecular weight excluding hydrogens is 380 g/mol. The average Bonchev–Trinajstić information content (AvgIpc) is 2.75. The molecule has 4 amide bonds. The number of hydrogen-bond acceptors (Lipinski definition) is 4. The fraction of sp³-hybridized carbons (Fsp3) is 0.375. The molecule has 2 aromatic carbocycles. The van der Waals surface area contributed by atoms with Crippen LogP contribution in [0, 0.1) is 5.41 Å². The molecule has 1 heterocycles. The minimum atomic E-state index is -1.25. The molecule has 0 radical (unpaired) electrons. The molecule has 30 heavy (non-hydrogen) atoms. The summed E-state index contributed by atoms with van der Waals surface area (Å²) < 4.78 is 5.70. The number of benzene rings is 2. The van der Waals surface area contributed by atoms with Gasteiger partial charge in [-0.05, 0) is 30.4 Å². The Morgan fingerprint density at radius 3 is 1.90 bits per heavy atom. The van der Waals surface area contributed by atoms with Crippen LogP contribution in [0.5, 0.6) is 0 Å². The maximum atomic E-state index is 12.7. The van der Waals surface area contributed by atoms with Crippen LogP contribution in [-0.4, -0.2) is 24.5 Å². The number of barbiturate groups is 1. The minimum Gasteiger partial charge on any atom is -0.377 e. The number of urea groups is 1. The number of rotatable bonds is 11. The average molecular weight is 408 g/mol. The van der Waals surface area contributed by atoms with Crippen molar-refractivity contribution in [1.29, 1.82) is 0 Å². The van der Waals surface area contributed by atoms with Crippen LogP contribution >= 0.6 is 0 Å². The molecule has 1 fully saturated rings. The van der Waals surface area contributed by atoms with Gasteiger partial charge in [-0.2, -0.15) is 0 Å². The number of carbonyl (C=O) groups is 3. The fourth-order valence-electron chi connectivity index (χ4n) is 3.75. The summed E-state index contributed by atoms with van der Waals surface area (Å²) in [6.45, 7) is 1.29. The van der Waals surface area contributed by atoms with Crippen LogP contribution in [-0.2, 0) is 27.4 Å². The molecule has 1 aliphatic heterocycles. The smallest absolute Gasteiger partial charge is 0.328 e. The van der Waals surface area contributed by atoms with Crippen LogP contribution in [0.25, 0.3) is 0 Å². The number of amides is 4. The third-order valence-electron chi connectivity index (χ3n) is 5.43. The van der Waals surface area contributed by atoms with Gasteiger partial charge in [-0.1, -0.05) is 79.9 Å². The van der Waals surface area contributed by atoms with Crippen LogP contribution in [0.2, 0.25) is 0 Å². The van der Waals surface area contributed by atoms with Gasteiger partial charge in [-0.3, -0.25) is 20.2 Å². The molecule has 2 aromatic rings. The van der Waals surface area contributed by atoms with Crippen LogP contribution < -0.4 is 10.6 Å². The SMILES string of the molecule is O=C1NC(=O)C(CCCCCCOCc2ccccc2)(Cc2ccccc2)C(=O)N1. The number of carbonyl (C=O) groups excluding carboxylic acids is 3. The monoisotopic (exact) mass is 408 g/mol. The molecular formula is C24H28N2O4. The minimum absolute atomic E-state index is 0.277. The summed E-state index contributed by atoms with van der Waals surface area (Å²) >= 11 is 0. The van der Waals surface area contributed by atoms with Gasteiger partial charge in [0.05, 0.1) is 6.61 Å². The van der Waals surface area contributed by atoms with Crippen molar-refractivity contribution >= 4 is 17.8 Å². The summed E-state index contributed by atoms with van der Waals surface area (Å²) in [5, 5.41) is 4.55. The van der Waals surface area contributed by atoms with Crippen molar-refractivity contribution in [1.82, 2.24) is 10.6 Å². The summed E-state index contributed by atoms with van der Waals surface area (Å²) in [5.41, 5.74) is 0.801. The molecule has 0 spiro atoms. The van der Waals surface area contributed by atoms with E-state index >= 15 is 0 Å². The Morgan fingerprint density at radius 2 is 1.27 bits per heavy atom. The molecule has 3 rings (SSSR count). The molecule has 0 bridgehead atoms. The fourth-order valence-corrected chi connectivity index (χ4v) is 3.75. The highest BCUT2D eigenvalue weighted by Crippen LogP contribution is 2.32. The number of unbranched alkanes of at least 4 members (excludes halogenated alkanes) is 3. The molecule has 0 aromatic heterocycles. The van der Waals surface area contributed by atoms with Crippen molar-refractivity contribution in [3.63, 3.8) is 0 Å². The number of ether oxygens (including phenoxy) is 1. The topological polar surface area (TPSA) is 84.5 Å². The largest absolute Gasteiger partial charge is 0.377 e. The van der Waals surface area contributed by atoms with Gasteiger partial charge in [0.25, 0.3) is 0 Å². The van der Waals surface area contributed by atoms with Crippen molar-refractivity contribution in [2.75, 3.05) is 6.61 Å². The lowest BCUT2D eigenvalue weighted by molar-refractivity contribution is -0.145. The van der Waals surface area contributed by atoms with E-state index in [2.05, 4.69) is 10.6 Å². The van der Waals surface area contributed by atoms with Gasteiger partial charge in [0.2, 0.25) is 11.8 Å². The van der Waals surface area contributed by atoms with Crippen molar-refractivity contribution in [2.45, 2.75) is 45.1 Å². The van der Waals surface area contributed by atoms with Crippen LogP contribution in [0.15, 0.2) is 60.7 Å². The van der Waals surface area contributed by atoms with Gasteiger partial charge >= 0.3 is 6.03 Å². The summed E-state index contributed by atoms with van der Waals surface area (Å²) in [6, 6.07) is 18.7. The van der Waals surface area contributed by atoms with Crippen molar-refractivity contribution in [3.05, 3.63) is 71.8 Å². The third kappa shape index (κ3) is 5.76. The normalized spacial score (nSPS) is 15.5. The lowest BCUT2D eigenvalue weighted by Crippen LogP contribution is -2.63. The van der Waals surface area contributed by atoms with Gasteiger partial charge < -0.3 is 4.74 Å². The van der Waals surface area contributed by atoms with Crippen molar-refractivity contribution in [3.8, 4) is 0 Å². The Balaban J connectivity index is 1.46. The second kappa shape index (κ2) is 10.7. The van der Waals surface area contributed by atoms with Crippen LogP contribution in [0.3, 0.4) is 0 Å². The predicted octanol–water partition coefficient (Wildman–Crippen LogP) is 3.75. The highest BCUT2D eigenvalue weighted by molar-refractivity contribution is 6.19. The van der Waals surface area contributed by atoms with Crippen molar-refractivity contribution < 1.29 is 19.1 Å². The standard InChI is InChI=1S/C24H28N2O4/c27-21-24(22(28)26-23(29)25-21,17-19-11-5-3-6-12-19)15-9-1-2-10-16-30-18-20-13-7-4-8-14-20/h3-8,11-14H,1-2,9-10,15-18H2,(H2,25,26,27,28,29). The van der Waals surface area contributed by atoms with E-state index in [0.29, 0.717) is 19.6 Å². The first-order chi connectivity index (χ1) is 14.6. The molecule has 6 nitrogen and oxygen atoms in total. The molecule has 6 heteroatoms. The Labute approximate surface area is 177 Å². The molecule has 0 unspecified atom stereocenters. The van der Waals surface area contributed by atoms with E-state index in [1.165, 1.54) is 0 Å². The quantitative estimate of drug-likeness (QED) is 0.438. The third-order valence-corrected chi connectivity index (χ3v) is 5.43. The van der Waals surface area contributed by atoms with E-state index in [0.717, 1.165) is 36.8 Å². The summed E-state index contributed by atoms with van der Waals surface area (Å²) in [5.74, 6) is -1.02. The summed E-state index contributed by atoms with van der Waals surface area (Å²) in [4.78, 5) is 36.9. The molecule has 0 aliphatic carbocycles. The van der Waals surface area contributed by atoms with E-state index < -0.39 is 23.3 Å². The highest BCUT2D eigenvalue weighted by Gasteiger charge is 2.49. The van der Waals surface area contributed by atoms with E-state index in [-0.39, 0.29) is 6.42 Å². The molecule has 158 valence electrons. The number of imide groups is 2. The highest BCUT2D eigenvalue weighted by atomic mass is 16.5. The summed E-state index contributed by atoms with van der Waals surface area (Å²) in [7, 11) is 0. The van der Waals surface area contributed by atoms with Crippen LogP contribution in [0.1, 0.15) is 43.2 Å². The van der Waals surface area contributed by atoms with E-state index in [4.69, 9.17) is 4.74 Å². The van der Waals surface area contributed by atoms with E-state index in [9.17, 15) is 14.4 Å². The Bertz CT molecular complexity index is 832. The van der Waals surface area contributed by atoms with Gasteiger partial charge in [0.1, 0.15) is 5.41 Å². The van der Waals surface area contributed by atoms with Gasteiger partial charge in [-0.15, -0.1) is 0 Å². The first-order valence-electron chi connectivity index (χ1n) is 10.4. The second-order valence-electron chi connectivity index (χ2n) is 7.68. The molecule has 1 saturated heterocycles.